The molecule has 0 aliphatic heterocycles. The fraction of sp³-hybridized carbons (Fsp3) is 0.300. The van der Waals surface area contributed by atoms with E-state index in [0.717, 1.165) is 18.6 Å². The van der Waals surface area contributed by atoms with Crippen LogP contribution in [0.3, 0.4) is 0 Å². The molecule has 1 aromatic carbocycles. The van der Waals surface area contributed by atoms with E-state index in [0.29, 0.717) is 0 Å². The van der Waals surface area contributed by atoms with Crippen LogP contribution in [0.25, 0.3) is 10.2 Å². The molecule has 2 aromatic rings. The number of hydrogen-bond acceptors (Lipinski definition) is 3. The summed E-state index contributed by atoms with van der Waals surface area (Å²) in [5, 5.41) is 3.31. The van der Waals surface area contributed by atoms with Gasteiger partial charge in [-0.15, -0.1) is 11.3 Å². The molecular weight excluding hydrogens is 180 g/mol. The van der Waals surface area contributed by atoms with Crippen molar-refractivity contribution in [2.75, 3.05) is 6.54 Å². The Morgan fingerprint density at radius 2 is 2.38 bits per heavy atom. The van der Waals surface area contributed by atoms with Gasteiger partial charge >= 0.3 is 0 Å². The van der Waals surface area contributed by atoms with Crippen LogP contribution in [0.2, 0.25) is 0 Å². The molecule has 0 saturated carbocycles. The Morgan fingerprint density at radius 1 is 1.46 bits per heavy atom. The number of fused-ring (bicyclic) bond motifs is 1. The first kappa shape index (κ1) is 8.66. The second kappa shape index (κ2) is 3.85. The third-order valence-corrected chi connectivity index (χ3v) is 2.77. The summed E-state index contributed by atoms with van der Waals surface area (Å²) in [6, 6.07) is 6.42. The minimum atomic E-state index is 0.949. The molecule has 0 spiro atoms. The average molecular weight is 192 g/mol. The SMILES string of the molecule is CCNCc1ccc2ncsc2c1. The van der Waals surface area contributed by atoms with Crippen LogP contribution in [-0.2, 0) is 6.54 Å². The molecule has 0 unspecified atom stereocenters. The molecule has 2 rings (SSSR count). The molecule has 0 bridgehead atoms. The zero-order chi connectivity index (χ0) is 9.10. The van der Waals surface area contributed by atoms with E-state index in [-0.39, 0.29) is 0 Å². The molecule has 0 radical (unpaired) electrons. The topological polar surface area (TPSA) is 24.9 Å². The summed E-state index contributed by atoms with van der Waals surface area (Å²) >= 11 is 1.70. The minimum Gasteiger partial charge on any atom is -0.313 e. The van der Waals surface area contributed by atoms with E-state index in [1.165, 1.54) is 10.3 Å². The molecule has 3 heteroatoms. The van der Waals surface area contributed by atoms with Crippen LogP contribution < -0.4 is 5.32 Å². The number of nitrogens with one attached hydrogen (secondary N) is 1. The molecule has 1 N–H and O–H groups in total. The van der Waals surface area contributed by atoms with Crippen molar-refractivity contribution in [1.29, 1.82) is 0 Å². The van der Waals surface area contributed by atoms with Crippen molar-refractivity contribution in [3.8, 4) is 0 Å². The maximum Gasteiger partial charge on any atom is 0.0812 e. The molecular formula is C10H12N2S. The van der Waals surface area contributed by atoms with Gasteiger partial charge in [-0.3, -0.25) is 0 Å². The monoisotopic (exact) mass is 192 g/mol. The lowest BCUT2D eigenvalue weighted by Gasteiger charge is -2.00. The van der Waals surface area contributed by atoms with Gasteiger partial charge in [0, 0.05) is 6.54 Å². The lowest BCUT2D eigenvalue weighted by molar-refractivity contribution is 0.727. The predicted molar refractivity (Wildman–Crippen MR) is 57.0 cm³/mol. The summed E-state index contributed by atoms with van der Waals surface area (Å²) in [6.07, 6.45) is 0. The number of hydrogen-bond donors (Lipinski definition) is 1. The standard InChI is InChI=1S/C10H12N2S/c1-2-11-6-8-3-4-9-10(5-8)13-7-12-9/h3-5,7,11H,2,6H2,1H3. The largest absolute Gasteiger partial charge is 0.313 e. The van der Waals surface area contributed by atoms with Gasteiger partial charge in [0.15, 0.2) is 0 Å². The fourth-order valence-corrected chi connectivity index (χ4v) is 2.02. The Labute approximate surface area is 81.6 Å². The van der Waals surface area contributed by atoms with Crippen LogP contribution in [0.4, 0.5) is 0 Å². The maximum absolute atomic E-state index is 4.24. The van der Waals surface area contributed by atoms with Gasteiger partial charge in [-0.05, 0) is 24.2 Å². The number of benzene rings is 1. The molecule has 0 aliphatic rings. The number of thiazole rings is 1. The van der Waals surface area contributed by atoms with E-state index in [4.69, 9.17) is 0 Å². The molecule has 0 saturated heterocycles. The summed E-state index contributed by atoms with van der Waals surface area (Å²) in [7, 11) is 0. The van der Waals surface area contributed by atoms with Crippen molar-refractivity contribution in [2.45, 2.75) is 13.5 Å². The maximum atomic E-state index is 4.24. The van der Waals surface area contributed by atoms with Crippen molar-refractivity contribution < 1.29 is 0 Å². The third-order valence-electron chi connectivity index (χ3n) is 1.97. The Hall–Kier alpha value is -0.930. The van der Waals surface area contributed by atoms with Crippen molar-refractivity contribution in [1.82, 2.24) is 10.3 Å². The lowest BCUT2D eigenvalue weighted by Crippen LogP contribution is -2.11. The quantitative estimate of drug-likeness (QED) is 0.807. The van der Waals surface area contributed by atoms with Gasteiger partial charge in [0.05, 0.1) is 15.7 Å². The van der Waals surface area contributed by atoms with Gasteiger partial charge in [-0.1, -0.05) is 13.0 Å². The zero-order valence-corrected chi connectivity index (χ0v) is 8.40. The van der Waals surface area contributed by atoms with Gasteiger partial charge in [0.1, 0.15) is 0 Å². The van der Waals surface area contributed by atoms with E-state index in [2.05, 4.69) is 35.4 Å². The molecule has 0 aliphatic carbocycles. The Bertz CT molecular complexity index is 394. The first-order chi connectivity index (χ1) is 6.40. The van der Waals surface area contributed by atoms with E-state index >= 15 is 0 Å². The normalized spacial score (nSPS) is 10.8. The van der Waals surface area contributed by atoms with E-state index < -0.39 is 0 Å². The van der Waals surface area contributed by atoms with Crippen molar-refractivity contribution in [3.05, 3.63) is 29.3 Å². The first-order valence-electron chi connectivity index (χ1n) is 4.43. The van der Waals surface area contributed by atoms with Crippen LogP contribution in [0.15, 0.2) is 23.7 Å². The highest BCUT2D eigenvalue weighted by atomic mass is 32.1. The summed E-state index contributed by atoms with van der Waals surface area (Å²) in [6.45, 7) is 4.08. The highest BCUT2D eigenvalue weighted by molar-refractivity contribution is 7.16. The van der Waals surface area contributed by atoms with E-state index in [1.54, 1.807) is 11.3 Å². The van der Waals surface area contributed by atoms with Gasteiger partial charge in [-0.25, -0.2) is 4.98 Å². The molecule has 1 heterocycles. The summed E-state index contributed by atoms with van der Waals surface area (Å²) in [5.41, 5.74) is 4.32. The van der Waals surface area contributed by atoms with Crippen LogP contribution >= 0.6 is 11.3 Å². The van der Waals surface area contributed by atoms with E-state index in [9.17, 15) is 0 Å². The van der Waals surface area contributed by atoms with Gasteiger partial charge in [-0.2, -0.15) is 0 Å². The zero-order valence-electron chi connectivity index (χ0n) is 7.58. The number of aromatic nitrogens is 1. The second-order valence-corrected chi connectivity index (χ2v) is 3.82. The van der Waals surface area contributed by atoms with Crippen LogP contribution in [-0.4, -0.2) is 11.5 Å². The van der Waals surface area contributed by atoms with Crippen molar-refractivity contribution >= 4 is 21.6 Å². The molecule has 0 atom stereocenters. The summed E-state index contributed by atoms with van der Waals surface area (Å²) < 4.78 is 1.27. The first-order valence-corrected chi connectivity index (χ1v) is 5.31. The highest BCUT2D eigenvalue weighted by Gasteiger charge is 1.97. The fourth-order valence-electron chi connectivity index (χ4n) is 1.28. The number of rotatable bonds is 3. The Balaban J connectivity index is 2.26. The van der Waals surface area contributed by atoms with Gasteiger partial charge in [0.25, 0.3) is 0 Å². The summed E-state index contributed by atoms with van der Waals surface area (Å²) in [5.74, 6) is 0. The molecule has 0 fully saturated rings. The lowest BCUT2D eigenvalue weighted by atomic mass is 10.2. The molecule has 2 nitrogen and oxygen atoms in total. The Morgan fingerprint density at radius 3 is 3.23 bits per heavy atom. The molecule has 0 amide bonds. The van der Waals surface area contributed by atoms with Gasteiger partial charge < -0.3 is 5.32 Å². The van der Waals surface area contributed by atoms with Crippen LogP contribution in [0.5, 0.6) is 0 Å². The smallest absolute Gasteiger partial charge is 0.0812 e. The average Bonchev–Trinajstić information content (AvgIpc) is 2.61. The summed E-state index contributed by atoms with van der Waals surface area (Å²) in [4.78, 5) is 4.24. The van der Waals surface area contributed by atoms with Crippen LogP contribution in [0, 0.1) is 0 Å². The molecule has 68 valence electrons. The van der Waals surface area contributed by atoms with Crippen molar-refractivity contribution in [3.63, 3.8) is 0 Å². The van der Waals surface area contributed by atoms with Crippen molar-refractivity contribution in [2.24, 2.45) is 0 Å². The van der Waals surface area contributed by atoms with E-state index in [1.807, 2.05) is 5.51 Å². The molecule has 1 aromatic heterocycles. The predicted octanol–water partition coefficient (Wildman–Crippen LogP) is 2.41. The second-order valence-electron chi connectivity index (χ2n) is 2.93. The highest BCUT2D eigenvalue weighted by Crippen LogP contribution is 2.18. The third kappa shape index (κ3) is 1.87. The van der Waals surface area contributed by atoms with Crippen LogP contribution in [0.1, 0.15) is 12.5 Å². The van der Waals surface area contributed by atoms with Gasteiger partial charge in [0.2, 0.25) is 0 Å². The number of nitrogens with zero attached hydrogens (tertiary/aromatic N) is 1. The minimum absolute atomic E-state index is 0.949. The Kier molecular flexibility index (Phi) is 2.57. The molecule has 13 heavy (non-hydrogen) atoms.